The fourth-order valence-electron chi connectivity index (χ4n) is 2.70. The summed E-state index contributed by atoms with van der Waals surface area (Å²) in [6.45, 7) is 0.945. The number of anilines is 1. The lowest BCUT2D eigenvalue weighted by Gasteiger charge is -2.36. The summed E-state index contributed by atoms with van der Waals surface area (Å²) in [5, 5.41) is 3.45. The van der Waals surface area contributed by atoms with Crippen molar-refractivity contribution in [2.75, 3.05) is 33.1 Å². The fourth-order valence-corrected chi connectivity index (χ4v) is 2.70. The molecule has 0 bridgehead atoms. The SMILES string of the molecule is COc1cccc(NCC2(N(C)C)CCCC2)n1. The van der Waals surface area contributed by atoms with Crippen LogP contribution < -0.4 is 10.1 Å². The Morgan fingerprint density at radius 1 is 1.33 bits per heavy atom. The van der Waals surface area contributed by atoms with E-state index in [0.29, 0.717) is 5.88 Å². The molecular weight excluding hydrogens is 226 g/mol. The maximum Gasteiger partial charge on any atom is 0.214 e. The molecule has 100 valence electrons. The molecule has 2 rings (SSSR count). The minimum atomic E-state index is 0.282. The van der Waals surface area contributed by atoms with E-state index in [-0.39, 0.29) is 5.54 Å². The number of aromatic nitrogens is 1. The lowest BCUT2D eigenvalue weighted by Crippen LogP contribution is -2.47. The Hall–Kier alpha value is -1.29. The Kier molecular flexibility index (Phi) is 4.07. The second kappa shape index (κ2) is 5.57. The molecule has 18 heavy (non-hydrogen) atoms. The molecule has 1 saturated carbocycles. The van der Waals surface area contributed by atoms with Gasteiger partial charge in [-0.05, 0) is 33.0 Å². The van der Waals surface area contributed by atoms with E-state index in [1.807, 2.05) is 18.2 Å². The van der Waals surface area contributed by atoms with Crippen LogP contribution in [0.4, 0.5) is 5.82 Å². The highest BCUT2D eigenvalue weighted by Crippen LogP contribution is 2.33. The molecular formula is C14H23N3O. The van der Waals surface area contributed by atoms with Gasteiger partial charge in [-0.2, -0.15) is 4.98 Å². The molecule has 1 N–H and O–H groups in total. The molecule has 0 spiro atoms. The number of hydrogen-bond acceptors (Lipinski definition) is 4. The van der Waals surface area contributed by atoms with E-state index >= 15 is 0 Å². The van der Waals surface area contributed by atoms with Crippen molar-refractivity contribution < 1.29 is 4.74 Å². The number of nitrogens with one attached hydrogen (secondary N) is 1. The number of hydrogen-bond donors (Lipinski definition) is 1. The van der Waals surface area contributed by atoms with Crippen molar-refractivity contribution in [3.05, 3.63) is 18.2 Å². The average Bonchev–Trinajstić information content (AvgIpc) is 2.87. The van der Waals surface area contributed by atoms with Gasteiger partial charge in [0, 0.05) is 18.2 Å². The highest BCUT2D eigenvalue weighted by molar-refractivity contribution is 5.37. The maximum atomic E-state index is 5.14. The molecule has 1 fully saturated rings. The van der Waals surface area contributed by atoms with Crippen molar-refractivity contribution in [1.29, 1.82) is 0 Å². The van der Waals surface area contributed by atoms with Crippen LogP contribution in [0.25, 0.3) is 0 Å². The maximum absolute atomic E-state index is 5.14. The molecule has 0 saturated heterocycles. The van der Waals surface area contributed by atoms with Crippen LogP contribution in [0.2, 0.25) is 0 Å². The smallest absolute Gasteiger partial charge is 0.214 e. The number of rotatable bonds is 5. The van der Waals surface area contributed by atoms with E-state index in [9.17, 15) is 0 Å². The molecule has 1 aromatic rings. The molecule has 4 nitrogen and oxygen atoms in total. The van der Waals surface area contributed by atoms with Gasteiger partial charge in [0.05, 0.1) is 7.11 Å². The third-order valence-corrected chi connectivity index (χ3v) is 4.01. The quantitative estimate of drug-likeness (QED) is 0.869. The lowest BCUT2D eigenvalue weighted by atomic mass is 9.96. The first-order valence-electron chi connectivity index (χ1n) is 6.59. The van der Waals surface area contributed by atoms with E-state index in [4.69, 9.17) is 4.74 Å². The van der Waals surface area contributed by atoms with Crippen LogP contribution in [0.5, 0.6) is 5.88 Å². The first-order valence-corrected chi connectivity index (χ1v) is 6.59. The predicted molar refractivity (Wildman–Crippen MR) is 74.2 cm³/mol. The van der Waals surface area contributed by atoms with Crippen molar-refractivity contribution in [2.24, 2.45) is 0 Å². The van der Waals surface area contributed by atoms with Crippen LogP contribution in [0.3, 0.4) is 0 Å². The second-order valence-electron chi connectivity index (χ2n) is 5.24. The van der Waals surface area contributed by atoms with Gasteiger partial charge in [-0.15, -0.1) is 0 Å². The number of methoxy groups -OCH3 is 1. The molecule has 4 heteroatoms. The molecule has 0 radical (unpaired) electrons. The summed E-state index contributed by atoms with van der Waals surface area (Å²) in [6.07, 6.45) is 5.17. The van der Waals surface area contributed by atoms with Gasteiger partial charge in [0.15, 0.2) is 0 Å². The van der Waals surface area contributed by atoms with Crippen LogP contribution in [0, 0.1) is 0 Å². The van der Waals surface area contributed by atoms with Crippen molar-refractivity contribution in [1.82, 2.24) is 9.88 Å². The molecule has 1 heterocycles. The summed E-state index contributed by atoms with van der Waals surface area (Å²) >= 11 is 0. The standard InChI is InChI=1S/C14H23N3O/c1-17(2)14(9-4-5-10-14)11-15-12-7-6-8-13(16-12)18-3/h6-8H,4-5,9-11H2,1-3H3,(H,15,16). The molecule has 0 unspecified atom stereocenters. The van der Waals surface area contributed by atoms with Crippen molar-refractivity contribution in [3.63, 3.8) is 0 Å². The number of pyridine rings is 1. The number of likely N-dealkylation sites (N-methyl/N-ethyl adjacent to an activating group) is 1. The first kappa shape index (κ1) is 13.1. The molecule has 0 amide bonds. The average molecular weight is 249 g/mol. The van der Waals surface area contributed by atoms with E-state index in [0.717, 1.165) is 12.4 Å². The third kappa shape index (κ3) is 2.75. The van der Waals surface area contributed by atoms with Gasteiger partial charge in [-0.3, -0.25) is 0 Å². The Labute approximate surface area is 109 Å². The zero-order valence-electron chi connectivity index (χ0n) is 11.6. The minimum Gasteiger partial charge on any atom is -0.481 e. The molecule has 0 atom stereocenters. The van der Waals surface area contributed by atoms with E-state index in [1.54, 1.807) is 7.11 Å². The van der Waals surface area contributed by atoms with Gasteiger partial charge in [0.1, 0.15) is 5.82 Å². The number of nitrogens with zero attached hydrogens (tertiary/aromatic N) is 2. The highest BCUT2D eigenvalue weighted by atomic mass is 16.5. The van der Waals surface area contributed by atoms with Gasteiger partial charge in [0.25, 0.3) is 0 Å². The summed E-state index contributed by atoms with van der Waals surface area (Å²) in [7, 11) is 5.99. The predicted octanol–water partition coefficient (Wildman–Crippen LogP) is 2.38. The highest BCUT2D eigenvalue weighted by Gasteiger charge is 2.35. The van der Waals surface area contributed by atoms with Crippen molar-refractivity contribution >= 4 is 5.82 Å². The summed E-state index contributed by atoms with van der Waals surface area (Å²) in [5.74, 6) is 1.55. The summed E-state index contributed by atoms with van der Waals surface area (Å²) in [5.41, 5.74) is 0.282. The van der Waals surface area contributed by atoms with Gasteiger partial charge in [0.2, 0.25) is 5.88 Å². The molecule has 1 aliphatic rings. The Balaban J connectivity index is 2.01. The molecule has 1 aliphatic carbocycles. The van der Waals surface area contributed by atoms with Crippen LogP contribution >= 0.6 is 0 Å². The van der Waals surface area contributed by atoms with Crippen LogP contribution in [0.15, 0.2) is 18.2 Å². The van der Waals surface area contributed by atoms with Gasteiger partial charge in [-0.25, -0.2) is 0 Å². The van der Waals surface area contributed by atoms with Gasteiger partial charge >= 0.3 is 0 Å². The van der Waals surface area contributed by atoms with E-state index in [2.05, 4.69) is 29.3 Å². The molecule has 0 aliphatic heterocycles. The zero-order valence-corrected chi connectivity index (χ0v) is 11.6. The largest absolute Gasteiger partial charge is 0.481 e. The van der Waals surface area contributed by atoms with Gasteiger partial charge < -0.3 is 15.0 Å². The third-order valence-electron chi connectivity index (χ3n) is 4.01. The Morgan fingerprint density at radius 3 is 2.67 bits per heavy atom. The summed E-state index contributed by atoms with van der Waals surface area (Å²) in [6, 6.07) is 5.81. The second-order valence-corrected chi connectivity index (χ2v) is 5.24. The molecule has 1 aromatic heterocycles. The first-order chi connectivity index (χ1) is 8.66. The summed E-state index contributed by atoms with van der Waals surface area (Å²) in [4.78, 5) is 6.75. The Bertz CT molecular complexity index is 386. The molecule has 0 aromatic carbocycles. The van der Waals surface area contributed by atoms with Crippen LogP contribution in [-0.2, 0) is 0 Å². The normalized spacial score (nSPS) is 18.0. The number of ether oxygens (including phenoxy) is 1. The van der Waals surface area contributed by atoms with Crippen molar-refractivity contribution in [2.45, 2.75) is 31.2 Å². The monoisotopic (exact) mass is 249 g/mol. The zero-order chi connectivity index (χ0) is 13.0. The van der Waals surface area contributed by atoms with Gasteiger partial charge in [-0.1, -0.05) is 18.9 Å². The fraction of sp³-hybridized carbons (Fsp3) is 0.643. The van der Waals surface area contributed by atoms with Crippen LogP contribution in [0.1, 0.15) is 25.7 Å². The van der Waals surface area contributed by atoms with E-state index < -0.39 is 0 Å². The van der Waals surface area contributed by atoms with Crippen molar-refractivity contribution in [3.8, 4) is 5.88 Å². The Morgan fingerprint density at radius 2 is 2.06 bits per heavy atom. The lowest BCUT2D eigenvalue weighted by molar-refractivity contribution is 0.172. The summed E-state index contributed by atoms with van der Waals surface area (Å²) < 4.78 is 5.14. The van der Waals surface area contributed by atoms with E-state index in [1.165, 1.54) is 25.7 Å². The topological polar surface area (TPSA) is 37.4 Å². The van der Waals surface area contributed by atoms with Crippen LogP contribution in [-0.4, -0.2) is 43.2 Å². The minimum absolute atomic E-state index is 0.282.